The van der Waals surface area contributed by atoms with Crippen LogP contribution in [-0.2, 0) is 5.41 Å². The van der Waals surface area contributed by atoms with Gasteiger partial charge in [0.05, 0.1) is 4.83 Å². The Morgan fingerprint density at radius 2 is 1.79 bits per heavy atom. The van der Waals surface area contributed by atoms with Gasteiger partial charge in [-0.3, -0.25) is 0 Å². The van der Waals surface area contributed by atoms with E-state index in [2.05, 4.69) is 89.9 Å². The second kappa shape index (κ2) is 5.71. The lowest BCUT2D eigenvalue weighted by Gasteiger charge is -2.25. The van der Waals surface area contributed by atoms with E-state index in [1.807, 2.05) is 11.3 Å². The van der Waals surface area contributed by atoms with Gasteiger partial charge in [-0.25, -0.2) is 0 Å². The van der Waals surface area contributed by atoms with Crippen molar-refractivity contribution in [2.24, 2.45) is 0 Å². The molecule has 102 valence electrons. The molecule has 1 atom stereocenters. The number of thiophene rings is 1. The lowest BCUT2D eigenvalue weighted by molar-refractivity contribution is 0.584. The van der Waals surface area contributed by atoms with Crippen molar-refractivity contribution < 1.29 is 0 Å². The summed E-state index contributed by atoms with van der Waals surface area (Å²) in [6.45, 7) is 8.94. The minimum Gasteiger partial charge on any atom is -0.143 e. The number of alkyl halides is 1. The Balaban J connectivity index is 2.50. The van der Waals surface area contributed by atoms with Gasteiger partial charge in [0, 0.05) is 14.2 Å². The number of aryl methyl sites for hydroxylation is 1. The molecule has 0 bridgehead atoms. The zero-order valence-electron chi connectivity index (χ0n) is 11.6. The molecule has 1 aromatic heterocycles. The molecule has 1 aromatic carbocycles. The molecule has 0 N–H and O–H groups in total. The Labute approximate surface area is 136 Å². The monoisotopic (exact) mass is 400 g/mol. The van der Waals surface area contributed by atoms with Crippen LogP contribution in [0.25, 0.3) is 0 Å². The summed E-state index contributed by atoms with van der Waals surface area (Å²) in [6, 6.07) is 10.9. The summed E-state index contributed by atoms with van der Waals surface area (Å²) in [7, 11) is 0. The molecule has 0 nitrogen and oxygen atoms in total. The fourth-order valence-corrected chi connectivity index (χ4v) is 5.33. The summed E-state index contributed by atoms with van der Waals surface area (Å²) in [5.74, 6) is 0. The molecule has 0 saturated carbocycles. The molecule has 0 aliphatic rings. The van der Waals surface area contributed by atoms with E-state index in [-0.39, 0.29) is 10.2 Å². The highest BCUT2D eigenvalue weighted by Crippen LogP contribution is 2.43. The van der Waals surface area contributed by atoms with E-state index in [0.29, 0.717) is 0 Å². The standard InChI is InChI=1S/C16H18Br2S/c1-10-9-13(17)15(19-10)14(18)11-7-5-6-8-12(11)16(2,3)4/h5-9,14H,1-4H3. The molecule has 0 amide bonds. The van der Waals surface area contributed by atoms with E-state index in [9.17, 15) is 0 Å². The highest BCUT2D eigenvalue weighted by molar-refractivity contribution is 9.11. The Kier molecular flexibility index (Phi) is 4.59. The van der Waals surface area contributed by atoms with E-state index in [4.69, 9.17) is 0 Å². The first-order valence-corrected chi connectivity index (χ1v) is 8.82. The molecule has 2 rings (SSSR count). The molecule has 0 aliphatic heterocycles. The van der Waals surface area contributed by atoms with Crippen molar-refractivity contribution in [3.05, 3.63) is 55.7 Å². The minimum absolute atomic E-state index is 0.154. The fourth-order valence-electron chi connectivity index (χ4n) is 2.22. The third-order valence-corrected chi connectivity index (χ3v) is 6.40. The number of benzene rings is 1. The van der Waals surface area contributed by atoms with Gasteiger partial charge in [-0.1, -0.05) is 61.0 Å². The smallest absolute Gasteiger partial charge is 0.0752 e. The van der Waals surface area contributed by atoms with Crippen molar-refractivity contribution in [2.45, 2.75) is 37.9 Å². The second-order valence-corrected chi connectivity index (χ2v) is 8.83. The van der Waals surface area contributed by atoms with Gasteiger partial charge in [-0.05, 0) is 45.5 Å². The van der Waals surface area contributed by atoms with E-state index < -0.39 is 0 Å². The van der Waals surface area contributed by atoms with Crippen LogP contribution >= 0.6 is 43.2 Å². The Hall–Kier alpha value is -0.120. The third-order valence-electron chi connectivity index (χ3n) is 3.11. The molecule has 2 aromatic rings. The van der Waals surface area contributed by atoms with Crippen molar-refractivity contribution in [1.29, 1.82) is 0 Å². The fraction of sp³-hybridized carbons (Fsp3) is 0.375. The van der Waals surface area contributed by atoms with Crippen LogP contribution in [0.2, 0.25) is 0 Å². The Morgan fingerprint density at radius 1 is 1.16 bits per heavy atom. The van der Waals surface area contributed by atoms with Gasteiger partial charge in [0.2, 0.25) is 0 Å². The maximum Gasteiger partial charge on any atom is 0.0752 e. The predicted molar refractivity (Wildman–Crippen MR) is 92.7 cm³/mol. The SMILES string of the molecule is Cc1cc(Br)c(C(Br)c2ccccc2C(C)(C)C)s1. The summed E-state index contributed by atoms with van der Waals surface area (Å²) in [4.78, 5) is 2.92. The molecular weight excluding hydrogens is 384 g/mol. The maximum atomic E-state index is 3.88. The normalized spacial score (nSPS) is 13.6. The van der Waals surface area contributed by atoms with Crippen molar-refractivity contribution in [1.82, 2.24) is 0 Å². The topological polar surface area (TPSA) is 0 Å². The number of rotatable bonds is 2. The van der Waals surface area contributed by atoms with Gasteiger partial charge in [-0.15, -0.1) is 11.3 Å². The zero-order chi connectivity index (χ0) is 14.2. The van der Waals surface area contributed by atoms with Crippen LogP contribution in [0.1, 0.15) is 46.5 Å². The molecule has 19 heavy (non-hydrogen) atoms. The second-order valence-electron chi connectivity index (χ2n) is 5.77. The Morgan fingerprint density at radius 3 is 2.32 bits per heavy atom. The molecule has 1 heterocycles. The van der Waals surface area contributed by atoms with Crippen LogP contribution in [0.3, 0.4) is 0 Å². The predicted octanol–water partition coefficient (Wildman–Crippen LogP) is 6.60. The average Bonchev–Trinajstić information content (AvgIpc) is 2.66. The van der Waals surface area contributed by atoms with Crippen LogP contribution in [-0.4, -0.2) is 0 Å². The van der Waals surface area contributed by atoms with Crippen LogP contribution in [0.5, 0.6) is 0 Å². The van der Waals surface area contributed by atoms with Gasteiger partial charge < -0.3 is 0 Å². The highest BCUT2D eigenvalue weighted by Gasteiger charge is 2.24. The number of halogens is 2. The summed E-state index contributed by atoms with van der Waals surface area (Å²) in [5.41, 5.74) is 2.91. The first kappa shape index (κ1) is 15.3. The zero-order valence-corrected chi connectivity index (χ0v) is 15.6. The molecule has 0 aliphatic carbocycles. The number of hydrogen-bond acceptors (Lipinski definition) is 1. The van der Waals surface area contributed by atoms with Crippen LogP contribution < -0.4 is 0 Å². The lowest BCUT2D eigenvalue weighted by atomic mass is 9.83. The highest BCUT2D eigenvalue weighted by atomic mass is 79.9. The molecule has 3 heteroatoms. The molecule has 0 saturated heterocycles. The summed E-state index contributed by atoms with van der Waals surface area (Å²) in [5, 5.41) is 0. The molecule has 0 radical (unpaired) electrons. The van der Waals surface area contributed by atoms with Crippen molar-refractivity contribution in [2.75, 3.05) is 0 Å². The third kappa shape index (κ3) is 3.32. The average molecular weight is 402 g/mol. The van der Waals surface area contributed by atoms with E-state index in [1.165, 1.54) is 25.4 Å². The van der Waals surface area contributed by atoms with Crippen LogP contribution in [0, 0.1) is 6.92 Å². The lowest BCUT2D eigenvalue weighted by Crippen LogP contribution is -2.14. The molecule has 0 fully saturated rings. The van der Waals surface area contributed by atoms with Crippen molar-refractivity contribution in [3.63, 3.8) is 0 Å². The molecule has 0 spiro atoms. The first-order valence-electron chi connectivity index (χ1n) is 6.30. The molecule has 1 unspecified atom stereocenters. The van der Waals surface area contributed by atoms with Crippen LogP contribution in [0.4, 0.5) is 0 Å². The van der Waals surface area contributed by atoms with Gasteiger partial charge in [0.1, 0.15) is 0 Å². The van der Waals surface area contributed by atoms with E-state index in [1.54, 1.807) is 0 Å². The molecular formula is C16H18Br2S. The maximum absolute atomic E-state index is 3.88. The van der Waals surface area contributed by atoms with Crippen molar-refractivity contribution >= 4 is 43.2 Å². The van der Waals surface area contributed by atoms with Gasteiger partial charge >= 0.3 is 0 Å². The van der Waals surface area contributed by atoms with Gasteiger partial charge in [-0.2, -0.15) is 0 Å². The van der Waals surface area contributed by atoms with Gasteiger partial charge in [0.15, 0.2) is 0 Å². The van der Waals surface area contributed by atoms with E-state index in [0.717, 1.165) is 0 Å². The quantitative estimate of drug-likeness (QED) is 0.497. The Bertz CT molecular complexity index is 579. The van der Waals surface area contributed by atoms with Crippen molar-refractivity contribution in [3.8, 4) is 0 Å². The number of hydrogen-bond donors (Lipinski definition) is 0. The summed E-state index contributed by atoms with van der Waals surface area (Å²) in [6.07, 6.45) is 0. The summed E-state index contributed by atoms with van der Waals surface area (Å²) >= 11 is 9.40. The largest absolute Gasteiger partial charge is 0.143 e. The minimum atomic E-state index is 0.154. The van der Waals surface area contributed by atoms with E-state index >= 15 is 0 Å². The first-order chi connectivity index (χ1) is 8.80. The van der Waals surface area contributed by atoms with Crippen LogP contribution in [0.15, 0.2) is 34.8 Å². The summed E-state index contributed by atoms with van der Waals surface area (Å²) < 4.78 is 1.19. The van der Waals surface area contributed by atoms with Gasteiger partial charge in [0.25, 0.3) is 0 Å².